The van der Waals surface area contributed by atoms with Crippen LogP contribution < -0.4 is 21.7 Å². The minimum absolute atomic E-state index is 0.0595. The van der Waals surface area contributed by atoms with Gasteiger partial charge < -0.3 is 26.6 Å². The smallest absolute Gasteiger partial charge is 0.254 e. The highest BCUT2D eigenvalue weighted by Crippen LogP contribution is 2.42. The maximum Gasteiger partial charge on any atom is 0.254 e. The molecule has 0 unspecified atom stereocenters. The Morgan fingerprint density at radius 1 is 1.28 bits per heavy atom. The molecule has 1 aromatic heterocycles. The molecule has 1 aromatic carbocycles. The quantitative estimate of drug-likeness (QED) is 0.506. The lowest BCUT2D eigenvalue weighted by Gasteiger charge is -2.27. The minimum Gasteiger partial charge on any atom is -0.370 e. The number of hydrogen-bond acceptors (Lipinski definition) is 7. The van der Waals surface area contributed by atoms with Gasteiger partial charge in [-0.25, -0.2) is 4.98 Å². The molecule has 1 saturated heterocycles. The van der Waals surface area contributed by atoms with Crippen molar-refractivity contribution in [3.63, 3.8) is 0 Å². The molecule has 1 aliphatic carbocycles. The number of benzene rings is 1. The number of hydrogen-bond donors (Lipinski definition) is 4. The second-order valence-corrected chi connectivity index (χ2v) is 7.59. The number of aromatic nitrogens is 2. The minimum atomic E-state index is 0.0595. The van der Waals surface area contributed by atoms with E-state index in [0.29, 0.717) is 24.0 Å². The van der Waals surface area contributed by atoms with E-state index in [9.17, 15) is 4.79 Å². The Balaban J connectivity index is 1.48. The molecular weight excluding hydrogens is 366 g/mol. The molecule has 1 aliphatic heterocycles. The maximum absolute atomic E-state index is 12.8. The lowest BCUT2D eigenvalue weighted by atomic mass is 10.1. The van der Waals surface area contributed by atoms with E-state index in [2.05, 4.69) is 25.9 Å². The van der Waals surface area contributed by atoms with Gasteiger partial charge in [0, 0.05) is 55.7 Å². The highest BCUT2D eigenvalue weighted by atomic mass is 16.2. The summed E-state index contributed by atoms with van der Waals surface area (Å²) in [6.45, 7) is 4.59. The molecule has 8 nitrogen and oxygen atoms in total. The van der Waals surface area contributed by atoms with Crippen LogP contribution >= 0.6 is 0 Å². The van der Waals surface area contributed by atoms with E-state index < -0.39 is 0 Å². The van der Waals surface area contributed by atoms with Crippen molar-refractivity contribution >= 4 is 23.4 Å². The molecule has 0 atom stereocenters. The van der Waals surface area contributed by atoms with Crippen LogP contribution in [0.3, 0.4) is 0 Å². The first-order valence-electron chi connectivity index (χ1n) is 10.4. The third-order valence-electron chi connectivity index (χ3n) is 5.28. The Bertz CT molecular complexity index is 847. The summed E-state index contributed by atoms with van der Waals surface area (Å²) in [4.78, 5) is 23.8. The van der Waals surface area contributed by atoms with Gasteiger partial charge in [0.25, 0.3) is 5.91 Å². The molecule has 5 N–H and O–H groups in total. The van der Waals surface area contributed by atoms with Crippen LogP contribution in [0.4, 0.5) is 17.5 Å². The van der Waals surface area contributed by atoms with Crippen molar-refractivity contribution in [2.24, 2.45) is 5.73 Å². The van der Waals surface area contributed by atoms with E-state index in [1.807, 2.05) is 35.4 Å². The van der Waals surface area contributed by atoms with E-state index in [1.54, 1.807) is 0 Å². The molecular formula is C21H29N7O. The third kappa shape index (κ3) is 5.02. The predicted octanol–water partition coefficient (Wildman–Crippen LogP) is 1.90. The molecule has 2 fully saturated rings. The summed E-state index contributed by atoms with van der Waals surface area (Å²) in [6.07, 6.45) is 5.19. The molecule has 154 valence electrons. The number of piperazine rings is 1. The molecule has 1 saturated carbocycles. The van der Waals surface area contributed by atoms with Crippen LogP contribution in [0.15, 0.2) is 30.5 Å². The summed E-state index contributed by atoms with van der Waals surface area (Å²) in [7, 11) is 0. The Labute approximate surface area is 171 Å². The van der Waals surface area contributed by atoms with Crippen molar-refractivity contribution in [3.05, 3.63) is 41.6 Å². The largest absolute Gasteiger partial charge is 0.370 e. The van der Waals surface area contributed by atoms with Crippen LogP contribution in [-0.2, 0) is 0 Å². The number of anilines is 3. The zero-order valence-electron chi connectivity index (χ0n) is 16.7. The van der Waals surface area contributed by atoms with Crippen molar-refractivity contribution in [1.29, 1.82) is 0 Å². The second-order valence-electron chi connectivity index (χ2n) is 7.59. The van der Waals surface area contributed by atoms with Crippen LogP contribution in [0.2, 0.25) is 0 Å². The average Bonchev–Trinajstić information content (AvgIpc) is 3.60. The first kappa shape index (κ1) is 19.6. The fraction of sp³-hybridized carbons (Fsp3) is 0.476. The van der Waals surface area contributed by atoms with E-state index in [0.717, 1.165) is 50.6 Å². The van der Waals surface area contributed by atoms with E-state index in [4.69, 9.17) is 5.73 Å². The fourth-order valence-corrected chi connectivity index (χ4v) is 3.50. The number of nitrogens with two attached hydrogens (primary N) is 1. The highest BCUT2D eigenvalue weighted by molar-refractivity contribution is 5.95. The predicted molar refractivity (Wildman–Crippen MR) is 115 cm³/mol. The number of rotatable bonds is 8. The molecule has 0 bridgehead atoms. The van der Waals surface area contributed by atoms with Gasteiger partial charge in [0.2, 0.25) is 5.95 Å². The summed E-state index contributed by atoms with van der Waals surface area (Å²) in [5, 5.41) is 9.92. The Hall–Kier alpha value is -2.71. The van der Waals surface area contributed by atoms with Crippen LogP contribution in [0, 0.1) is 0 Å². The monoisotopic (exact) mass is 395 g/mol. The summed E-state index contributed by atoms with van der Waals surface area (Å²) in [6, 6.07) is 7.53. The normalized spacial score (nSPS) is 16.5. The van der Waals surface area contributed by atoms with Gasteiger partial charge in [0.15, 0.2) is 0 Å². The standard InChI is InChI=1S/C21H29N7O/c22-7-2-8-24-19-18(15-5-6-15)14-25-21(27-19)26-17-4-1-3-16(13-17)20(29)28-11-9-23-10-12-28/h1,3-4,13-15,23H,2,5-12,22H2,(H2,24,25,26,27). The van der Waals surface area contributed by atoms with Crippen molar-refractivity contribution in [3.8, 4) is 0 Å². The van der Waals surface area contributed by atoms with Crippen molar-refractivity contribution < 1.29 is 4.79 Å². The summed E-state index contributed by atoms with van der Waals surface area (Å²) >= 11 is 0. The molecule has 0 spiro atoms. The van der Waals surface area contributed by atoms with E-state index in [1.165, 1.54) is 18.4 Å². The van der Waals surface area contributed by atoms with E-state index in [-0.39, 0.29) is 5.91 Å². The number of carbonyl (C=O) groups is 1. The maximum atomic E-state index is 12.8. The summed E-state index contributed by atoms with van der Waals surface area (Å²) in [5.41, 5.74) is 8.26. The van der Waals surface area contributed by atoms with Gasteiger partial charge in [-0.05, 0) is 49.9 Å². The highest BCUT2D eigenvalue weighted by Gasteiger charge is 2.27. The van der Waals surface area contributed by atoms with Gasteiger partial charge in [0.1, 0.15) is 5.82 Å². The lowest BCUT2D eigenvalue weighted by molar-refractivity contribution is 0.0736. The molecule has 2 heterocycles. The van der Waals surface area contributed by atoms with Crippen LogP contribution in [-0.4, -0.2) is 60.0 Å². The van der Waals surface area contributed by atoms with Gasteiger partial charge in [-0.15, -0.1) is 0 Å². The number of amides is 1. The van der Waals surface area contributed by atoms with Crippen LogP contribution in [0.1, 0.15) is 41.1 Å². The molecule has 1 amide bonds. The Morgan fingerprint density at radius 2 is 2.10 bits per heavy atom. The number of carbonyl (C=O) groups excluding carboxylic acids is 1. The lowest BCUT2D eigenvalue weighted by Crippen LogP contribution is -2.46. The SMILES string of the molecule is NCCCNc1nc(Nc2cccc(C(=O)N3CCNCC3)c2)ncc1C1CC1. The van der Waals surface area contributed by atoms with Gasteiger partial charge in [0.05, 0.1) is 0 Å². The third-order valence-corrected chi connectivity index (χ3v) is 5.28. The van der Waals surface area contributed by atoms with Crippen molar-refractivity contribution in [2.45, 2.75) is 25.2 Å². The zero-order chi connectivity index (χ0) is 20.1. The fourth-order valence-electron chi connectivity index (χ4n) is 3.50. The Morgan fingerprint density at radius 3 is 2.86 bits per heavy atom. The van der Waals surface area contributed by atoms with Gasteiger partial charge in [-0.3, -0.25) is 4.79 Å². The summed E-state index contributed by atoms with van der Waals surface area (Å²) < 4.78 is 0. The molecule has 0 radical (unpaired) electrons. The summed E-state index contributed by atoms with van der Waals surface area (Å²) in [5.74, 6) is 2.02. The van der Waals surface area contributed by atoms with Gasteiger partial charge in [-0.1, -0.05) is 6.07 Å². The Kier molecular flexibility index (Phi) is 6.21. The van der Waals surface area contributed by atoms with E-state index >= 15 is 0 Å². The van der Waals surface area contributed by atoms with Gasteiger partial charge in [-0.2, -0.15) is 4.98 Å². The van der Waals surface area contributed by atoms with Crippen LogP contribution in [0.5, 0.6) is 0 Å². The first-order chi connectivity index (χ1) is 14.2. The van der Waals surface area contributed by atoms with Gasteiger partial charge >= 0.3 is 0 Å². The molecule has 29 heavy (non-hydrogen) atoms. The molecule has 2 aromatic rings. The molecule has 2 aliphatic rings. The van der Waals surface area contributed by atoms with Crippen LogP contribution in [0.25, 0.3) is 0 Å². The average molecular weight is 396 g/mol. The molecule has 8 heteroatoms. The zero-order valence-corrected chi connectivity index (χ0v) is 16.7. The van der Waals surface area contributed by atoms with Crippen molar-refractivity contribution in [1.82, 2.24) is 20.2 Å². The second kappa shape index (κ2) is 9.19. The number of nitrogens with zero attached hydrogens (tertiary/aromatic N) is 3. The topological polar surface area (TPSA) is 108 Å². The molecule has 4 rings (SSSR count). The van der Waals surface area contributed by atoms with Crippen molar-refractivity contribution in [2.75, 3.05) is 49.9 Å². The first-order valence-corrected chi connectivity index (χ1v) is 10.4. The number of nitrogens with one attached hydrogen (secondary N) is 3.